The lowest BCUT2D eigenvalue weighted by atomic mass is 10.0. The summed E-state index contributed by atoms with van der Waals surface area (Å²) in [5, 5.41) is 9.56. The van der Waals surface area contributed by atoms with E-state index >= 15 is 0 Å². The first-order valence-electron chi connectivity index (χ1n) is 6.61. The van der Waals surface area contributed by atoms with Crippen LogP contribution in [0, 0.1) is 11.3 Å². The maximum absolute atomic E-state index is 12.4. The standard InChI is InChI=1S/C17H14ClNO2/c1-2-15(17(20)12-6-4-3-5-7-12)21-16-10-14(18)9-8-13(16)11-19/h3-10,15H,2H2,1H3. The molecule has 1 unspecified atom stereocenters. The van der Waals surface area contributed by atoms with Gasteiger partial charge >= 0.3 is 0 Å². The van der Waals surface area contributed by atoms with Crippen LogP contribution >= 0.6 is 11.6 Å². The number of nitrogens with zero attached hydrogens (tertiary/aromatic N) is 1. The van der Waals surface area contributed by atoms with E-state index < -0.39 is 6.10 Å². The largest absolute Gasteiger partial charge is 0.481 e. The van der Waals surface area contributed by atoms with E-state index in [1.54, 1.807) is 42.5 Å². The first-order valence-corrected chi connectivity index (χ1v) is 6.99. The van der Waals surface area contributed by atoms with Crippen molar-refractivity contribution in [3.8, 4) is 11.8 Å². The van der Waals surface area contributed by atoms with Crippen molar-refractivity contribution in [1.82, 2.24) is 0 Å². The molecule has 0 aromatic heterocycles. The van der Waals surface area contributed by atoms with Crippen LogP contribution < -0.4 is 4.74 Å². The molecule has 21 heavy (non-hydrogen) atoms. The van der Waals surface area contributed by atoms with E-state index in [-0.39, 0.29) is 5.78 Å². The molecular formula is C17H14ClNO2. The summed E-state index contributed by atoms with van der Waals surface area (Å²) in [7, 11) is 0. The van der Waals surface area contributed by atoms with Crippen molar-refractivity contribution >= 4 is 17.4 Å². The molecule has 0 saturated carbocycles. The molecule has 0 saturated heterocycles. The summed E-state index contributed by atoms with van der Waals surface area (Å²) in [4.78, 5) is 12.4. The summed E-state index contributed by atoms with van der Waals surface area (Å²) < 4.78 is 5.73. The summed E-state index contributed by atoms with van der Waals surface area (Å²) >= 11 is 5.92. The summed E-state index contributed by atoms with van der Waals surface area (Å²) in [6, 6.07) is 15.7. The Labute approximate surface area is 128 Å². The van der Waals surface area contributed by atoms with Crippen LogP contribution in [0.1, 0.15) is 29.3 Å². The Hall–Kier alpha value is -2.31. The van der Waals surface area contributed by atoms with Gasteiger partial charge in [0.15, 0.2) is 6.10 Å². The van der Waals surface area contributed by atoms with Gasteiger partial charge < -0.3 is 4.74 Å². The highest BCUT2D eigenvalue weighted by atomic mass is 35.5. The first-order chi connectivity index (χ1) is 10.2. The molecule has 0 aliphatic carbocycles. The number of nitriles is 1. The third-order valence-electron chi connectivity index (χ3n) is 3.05. The molecule has 0 heterocycles. The van der Waals surface area contributed by atoms with Crippen molar-refractivity contribution in [2.75, 3.05) is 0 Å². The van der Waals surface area contributed by atoms with Gasteiger partial charge in [0.05, 0.1) is 5.56 Å². The van der Waals surface area contributed by atoms with Crippen molar-refractivity contribution in [1.29, 1.82) is 5.26 Å². The van der Waals surface area contributed by atoms with Gasteiger partial charge in [0, 0.05) is 16.7 Å². The van der Waals surface area contributed by atoms with Crippen LogP contribution in [0.3, 0.4) is 0 Å². The van der Waals surface area contributed by atoms with Gasteiger partial charge in [0.2, 0.25) is 5.78 Å². The summed E-state index contributed by atoms with van der Waals surface area (Å²) in [5.41, 5.74) is 0.948. The number of carbonyl (C=O) groups is 1. The van der Waals surface area contributed by atoms with Gasteiger partial charge in [-0.3, -0.25) is 4.79 Å². The Morgan fingerprint density at radius 1 is 1.29 bits per heavy atom. The van der Waals surface area contributed by atoms with Crippen LogP contribution in [0.5, 0.6) is 5.75 Å². The van der Waals surface area contributed by atoms with Gasteiger partial charge in [0.25, 0.3) is 0 Å². The molecule has 0 N–H and O–H groups in total. The summed E-state index contributed by atoms with van der Waals surface area (Å²) in [6.45, 7) is 1.86. The zero-order chi connectivity index (χ0) is 15.2. The van der Waals surface area contributed by atoms with Crippen molar-refractivity contribution < 1.29 is 9.53 Å². The van der Waals surface area contributed by atoms with Crippen molar-refractivity contribution in [2.24, 2.45) is 0 Å². The molecule has 0 spiro atoms. The zero-order valence-corrected chi connectivity index (χ0v) is 12.3. The van der Waals surface area contributed by atoms with Crippen LogP contribution in [0.25, 0.3) is 0 Å². The van der Waals surface area contributed by atoms with E-state index in [4.69, 9.17) is 21.6 Å². The fourth-order valence-electron chi connectivity index (χ4n) is 1.95. The fourth-order valence-corrected chi connectivity index (χ4v) is 2.11. The van der Waals surface area contributed by atoms with E-state index in [1.165, 1.54) is 0 Å². The maximum atomic E-state index is 12.4. The second-order valence-electron chi connectivity index (χ2n) is 4.50. The third kappa shape index (κ3) is 3.62. The Bertz CT molecular complexity index is 677. The van der Waals surface area contributed by atoms with E-state index in [0.717, 1.165) is 0 Å². The average molecular weight is 300 g/mol. The number of Topliss-reactive ketones (excluding diaryl/α,β-unsaturated/α-hetero) is 1. The molecule has 2 rings (SSSR count). The van der Waals surface area contributed by atoms with Crippen molar-refractivity contribution in [2.45, 2.75) is 19.4 Å². The van der Waals surface area contributed by atoms with Gasteiger partial charge in [-0.1, -0.05) is 48.9 Å². The third-order valence-corrected chi connectivity index (χ3v) is 3.29. The average Bonchev–Trinajstić information content (AvgIpc) is 2.53. The number of rotatable bonds is 5. The van der Waals surface area contributed by atoms with E-state index in [9.17, 15) is 4.79 Å². The molecule has 0 radical (unpaired) electrons. The molecule has 0 amide bonds. The number of hydrogen-bond donors (Lipinski definition) is 0. The van der Waals surface area contributed by atoms with Crippen molar-refractivity contribution in [3.63, 3.8) is 0 Å². The smallest absolute Gasteiger partial charge is 0.203 e. The van der Waals surface area contributed by atoms with Crippen LogP contribution in [-0.4, -0.2) is 11.9 Å². The minimum Gasteiger partial charge on any atom is -0.481 e. The fraction of sp³-hybridized carbons (Fsp3) is 0.176. The molecule has 0 aliphatic rings. The van der Waals surface area contributed by atoms with Crippen LogP contribution in [-0.2, 0) is 0 Å². The summed E-state index contributed by atoms with van der Waals surface area (Å²) in [6.07, 6.45) is -0.136. The molecule has 3 nitrogen and oxygen atoms in total. The molecule has 2 aromatic rings. The Morgan fingerprint density at radius 3 is 2.62 bits per heavy atom. The van der Waals surface area contributed by atoms with Gasteiger partial charge in [-0.25, -0.2) is 0 Å². The number of hydrogen-bond acceptors (Lipinski definition) is 3. The quantitative estimate of drug-likeness (QED) is 0.775. The molecule has 106 valence electrons. The highest BCUT2D eigenvalue weighted by Crippen LogP contribution is 2.25. The second kappa shape index (κ2) is 6.92. The normalized spacial score (nSPS) is 11.5. The molecule has 0 aliphatic heterocycles. The minimum absolute atomic E-state index is 0.109. The Morgan fingerprint density at radius 2 is 2.00 bits per heavy atom. The Balaban J connectivity index is 2.26. The molecule has 1 atom stereocenters. The molecule has 0 bridgehead atoms. The van der Waals surface area contributed by atoms with Crippen LogP contribution in [0.2, 0.25) is 5.02 Å². The lowest BCUT2D eigenvalue weighted by molar-refractivity contribution is 0.0786. The highest BCUT2D eigenvalue weighted by Gasteiger charge is 2.21. The Kier molecular flexibility index (Phi) is 4.97. The molecular weight excluding hydrogens is 286 g/mol. The molecule has 0 fully saturated rings. The van der Waals surface area contributed by atoms with Gasteiger partial charge in [-0.05, 0) is 18.6 Å². The number of ether oxygens (including phenoxy) is 1. The predicted octanol–water partition coefficient (Wildman–Crippen LogP) is 4.25. The van der Waals surface area contributed by atoms with E-state index in [0.29, 0.717) is 28.3 Å². The van der Waals surface area contributed by atoms with Gasteiger partial charge in [-0.2, -0.15) is 5.26 Å². The number of carbonyl (C=O) groups excluding carboxylic acids is 1. The molecule has 4 heteroatoms. The van der Waals surface area contributed by atoms with Crippen LogP contribution in [0.4, 0.5) is 0 Å². The van der Waals surface area contributed by atoms with E-state index in [2.05, 4.69) is 0 Å². The monoisotopic (exact) mass is 299 g/mol. The zero-order valence-electron chi connectivity index (χ0n) is 11.5. The maximum Gasteiger partial charge on any atom is 0.203 e. The van der Waals surface area contributed by atoms with Gasteiger partial charge in [-0.15, -0.1) is 0 Å². The number of benzene rings is 2. The lowest BCUT2D eigenvalue weighted by Crippen LogP contribution is -2.27. The number of ketones is 1. The highest BCUT2D eigenvalue weighted by molar-refractivity contribution is 6.30. The van der Waals surface area contributed by atoms with Gasteiger partial charge in [0.1, 0.15) is 11.8 Å². The lowest BCUT2D eigenvalue weighted by Gasteiger charge is -2.17. The SMILES string of the molecule is CCC(Oc1cc(Cl)ccc1C#N)C(=O)c1ccccc1. The van der Waals surface area contributed by atoms with E-state index in [1.807, 2.05) is 19.1 Å². The van der Waals surface area contributed by atoms with Crippen LogP contribution in [0.15, 0.2) is 48.5 Å². The second-order valence-corrected chi connectivity index (χ2v) is 4.93. The van der Waals surface area contributed by atoms with Crippen molar-refractivity contribution in [3.05, 3.63) is 64.7 Å². The number of halogens is 1. The predicted molar refractivity (Wildman–Crippen MR) is 81.6 cm³/mol. The first kappa shape index (κ1) is 15.1. The molecule has 2 aromatic carbocycles. The topological polar surface area (TPSA) is 50.1 Å². The summed E-state index contributed by atoms with van der Waals surface area (Å²) in [5.74, 6) is 0.225. The minimum atomic E-state index is -0.641.